The summed E-state index contributed by atoms with van der Waals surface area (Å²) in [6.45, 7) is 1.86. The van der Waals surface area contributed by atoms with Crippen LogP contribution in [0.3, 0.4) is 0 Å². The number of benzene rings is 1. The topological polar surface area (TPSA) is 84.9 Å². The van der Waals surface area contributed by atoms with Crippen LogP contribution in [0.4, 0.5) is 4.79 Å². The van der Waals surface area contributed by atoms with Gasteiger partial charge in [0, 0.05) is 0 Å². The minimum atomic E-state index is -0.855. The number of nitrogens with zero attached hydrogens (tertiary/aromatic N) is 1. The second-order valence-electron chi connectivity index (χ2n) is 6.82. The SMILES string of the molecule is C[C@@H]1CCCC[C@@]12NC(=O)N(CC(=O)OCCOc1ccccc1)C2=O. The fourth-order valence-corrected chi connectivity index (χ4v) is 3.65. The van der Waals surface area contributed by atoms with Gasteiger partial charge in [-0.25, -0.2) is 4.79 Å². The molecule has 3 amide bonds. The lowest BCUT2D eigenvalue weighted by molar-refractivity contribution is -0.149. The number of esters is 1. The maximum absolute atomic E-state index is 12.8. The van der Waals surface area contributed by atoms with E-state index in [1.165, 1.54) is 0 Å². The van der Waals surface area contributed by atoms with Gasteiger partial charge < -0.3 is 14.8 Å². The van der Waals surface area contributed by atoms with E-state index in [2.05, 4.69) is 5.32 Å². The normalized spacial score (nSPS) is 25.3. The van der Waals surface area contributed by atoms with Crippen molar-refractivity contribution in [1.82, 2.24) is 10.2 Å². The number of para-hydroxylation sites is 1. The quantitative estimate of drug-likeness (QED) is 0.477. The smallest absolute Gasteiger partial charge is 0.326 e. The van der Waals surface area contributed by atoms with E-state index in [0.717, 1.165) is 24.2 Å². The fraction of sp³-hybridized carbons (Fsp3) is 0.526. The first-order chi connectivity index (χ1) is 12.5. The Morgan fingerprint density at radius 1 is 1.23 bits per heavy atom. The highest BCUT2D eigenvalue weighted by molar-refractivity contribution is 6.08. The van der Waals surface area contributed by atoms with Crippen molar-refractivity contribution in [2.45, 2.75) is 38.1 Å². The number of rotatable bonds is 6. The van der Waals surface area contributed by atoms with Crippen molar-refractivity contribution in [3.63, 3.8) is 0 Å². The van der Waals surface area contributed by atoms with Gasteiger partial charge in [0.1, 0.15) is 31.0 Å². The van der Waals surface area contributed by atoms with E-state index in [9.17, 15) is 14.4 Å². The van der Waals surface area contributed by atoms with Gasteiger partial charge in [-0.1, -0.05) is 38.0 Å². The molecule has 0 radical (unpaired) electrons. The van der Waals surface area contributed by atoms with Crippen molar-refractivity contribution < 1.29 is 23.9 Å². The van der Waals surface area contributed by atoms with Crippen LogP contribution in [-0.4, -0.2) is 48.1 Å². The summed E-state index contributed by atoms with van der Waals surface area (Å²) in [5, 5.41) is 2.82. The van der Waals surface area contributed by atoms with Crippen LogP contribution in [0.25, 0.3) is 0 Å². The molecule has 2 aliphatic rings. The summed E-state index contributed by atoms with van der Waals surface area (Å²) < 4.78 is 10.5. The molecule has 0 unspecified atom stereocenters. The highest BCUT2D eigenvalue weighted by atomic mass is 16.6. The van der Waals surface area contributed by atoms with Gasteiger partial charge in [-0.05, 0) is 30.9 Å². The van der Waals surface area contributed by atoms with E-state index in [-0.39, 0.29) is 31.6 Å². The Bertz CT molecular complexity index is 678. The molecule has 1 aromatic rings. The molecule has 2 fully saturated rings. The highest BCUT2D eigenvalue weighted by Crippen LogP contribution is 2.38. The molecule has 1 heterocycles. The summed E-state index contributed by atoms with van der Waals surface area (Å²) in [6.07, 6.45) is 3.46. The number of imide groups is 1. The van der Waals surface area contributed by atoms with Crippen LogP contribution < -0.4 is 10.1 Å². The van der Waals surface area contributed by atoms with Gasteiger partial charge in [-0.3, -0.25) is 14.5 Å². The predicted octanol–water partition coefficient (Wildman–Crippen LogP) is 2.11. The van der Waals surface area contributed by atoms with Crippen LogP contribution in [0, 0.1) is 5.92 Å². The van der Waals surface area contributed by atoms with E-state index >= 15 is 0 Å². The summed E-state index contributed by atoms with van der Waals surface area (Å²) in [6, 6.07) is 8.67. The minimum absolute atomic E-state index is 0.0545. The Kier molecular flexibility index (Phi) is 5.44. The van der Waals surface area contributed by atoms with Gasteiger partial charge >= 0.3 is 12.0 Å². The standard InChI is InChI=1S/C19H24N2O5/c1-14-7-5-6-10-19(14)17(23)21(18(24)20-19)13-16(22)26-12-11-25-15-8-3-2-4-9-15/h2-4,8-9,14H,5-7,10-13H2,1H3,(H,20,24)/t14-,19-/m1/s1. The zero-order valence-electron chi connectivity index (χ0n) is 14.9. The number of carbonyl (C=O) groups is 3. The molecule has 3 rings (SSSR count). The molecule has 1 aliphatic carbocycles. The summed E-state index contributed by atoms with van der Waals surface area (Å²) >= 11 is 0. The molecule has 140 valence electrons. The number of hydrogen-bond donors (Lipinski definition) is 1. The molecule has 1 saturated heterocycles. The van der Waals surface area contributed by atoms with Crippen molar-refractivity contribution in [3.8, 4) is 5.75 Å². The van der Waals surface area contributed by atoms with Crippen molar-refractivity contribution in [2.24, 2.45) is 5.92 Å². The maximum atomic E-state index is 12.8. The minimum Gasteiger partial charge on any atom is -0.490 e. The molecular weight excluding hydrogens is 336 g/mol. The predicted molar refractivity (Wildman–Crippen MR) is 93.5 cm³/mol. The van der Waals surface area contributed by atoms with E-state index in [4.69, 9.17) is 9.47 Å². The Morgan fingerprint density at radius 3 is 2.73 bits per heavy atom. The summed E-state index contributed by atoms with van der Waals surface area (Å²) in [5.41, 5.74) is -0.855. The highest BCUT2D eigenvalue weighted by Gasteiger charge is 2.55. The second-order valence-corrected chi connectivity index (χ2v) is 6.82. The monoisotopic (exact) mass is 360 g/mol. The van der Waals surface area contributed by atoms with Gasteiger partial charge in [-0.2, -0.15) is 0 Å². The van der Waals surface area contributed by atoms with Gasteiger partial charge in [0.2, 0.25) is 0 Å². The molecule has 1 saturated carbocycles. The van der Waals surface area contributed by atoms with Crippen LogP contribution in [0.5, 0.6) is 5.75 Å². The molecule has 2 atom stereocenters. The third-order valence-corrected chi connectivity index (χ3v) is 5.15. The van der Waals surface area contributed by atoms with E-state index < -0.39 is 17.5 Å². The van der Waals surface area contributed by atoms with Crippen LogP contribution >= 0.6 is 0 Å². The fourth-order valence-electron chi connectivity index (χ4n) is 3.65. The lowest BCUT2D eigenvalue weighted by Crippen LogP contribution is -2.54. The lowest BCUT2D eigenvalue weighted by atomic mass is 9.73. The Labute approximate surface area is 152 Å². The van der Waals surface area contributed by atoms with Gasteiger partial charge in [0.05, 0.1) is 0 Å². The molecule has 1 spiro atoms. The van der Waals surface area contributed by atoms with Crippen LogP contribution in [0.2, 0.25) is 0 Å². The van der Waals surface area contributed by atoms with Crippen LogP contribution in [0.15, 0.2) is 30.3 Å². The Hall–Kier alpha value is -2.57. The van der Waals surface area contributed by atoms with E-state index in [1.54, 1.807) is 12.1 Å². The third-order valence-electron chi connectivity index (χ3n) is 5.15. The molecule has 1 aliphatic heterocycles. The number of urea groups is 1. The average Bonchev–Trinajstić information content (AvgIpc) is 2.87. The van der Waals surface area contributed by atoms with Crippen molar-refractivity contribution in [1.29, 1.82) is 0 Å². The number of amides is 3. The summed E-state index contributed by atoms with van der Waals surface area (Å²) in [5.74, 6) is -0.184. The molecule has 7 heteroatoms. The molecule has 26 heavy (non-hydrogen) atoms. The molecular formula is C19H24N2O5. The van der Waals surface area contributed by atoms with Gasteiger partial charge in [0.25, 0.3) is 5.91 Å². The molecule has 7 nitrogen and oxygen atoms in total. The van der Waals surface area contributed by atoms with Gasteiger partial charge in [-0.15, -0.1) is 0 Å². The maximum Gasteiger partial charge on any atom is 0.326 e. The van der Waals surface area contributed by atoms with Crippen molar-refractivity contribution >= 4 is 17.9 Å². The number of hydrogen-bond acceptors (Lipinski definition) is 5. The van der Waals surface area contributed by atoms with E-state index in [1.807, 2.05) is 25.1 Å². The first-order valence-corrected chi connectivity index (χ1v) is 9.00. The Morgan fingerprint density at radius 2 is 2.00 bits per heavy atom. The van der Waals surface area contributed by atoms with Crippen LogP contribution in [-0.2, 0) is 14.3 Å². The average molecular weight is 360 g/mol. The molecule has 1 aromatic carbocycles. The van der Waals surface area contributed by atoms with Gasteiger partial charge in [0.15, 0.2) is 0 Å². The number of nitrogens with one attached hydrogen (secondary N) is 1. The summed E-state index contributed by atoms with van der Waals surface area (Å²) in [7, 11) is 0. The summed E-state index contributed by atoms with van der Waals surface area (Å²) in [4.78, 5) is 38.0. The Balaban J connectivity index is 1.48. The number of ether oxygens (including phenoxy) is 2. The first-order valence-electron chi connectivity index (χ1n) is 9.00. The second kappa shape index (κ2) is 7.76. The zero-order valence-corrected chi connectivity index (χ0v) is 14.9. The first kappa shape index (κ1) is 18.2. The molecule has 1 N–H and O–H groups in total. The lowest BCUT2D eigenvalue weighted by Gasteiger charge is -2.36. The largest absolute Gasteiger partial charge is 0.490 e. The third kappa shape index (κ3) is 3.66. The molecule has 0 aromatic heterocycles. The van der Waals surface area contributed by atoms with Crippen molar-refractivity contribution in [2.75, 3.05) is 19.8 Å². The molecule has 0 bridgehead atoms. The van der Waals surface area contributed by atoms with Crippen LogP contribution in [0.1, 0.15) is 32.6 Å². The van der Waals surface area contributed by atoms with E-state index in [0.29, 0.717) is 12.2 Å². The van der Waals surface area contributed by atoms with Crippen molar-refractivity contribution in [3.05, 3.63) is 30.3 Å². The number of carbonyl (C=O) groups excluding carboxylic acids is 3. The zero-order chi connectivity index (χ0) is 18.6.